The number of aliphatic carboxylic acids is 1. The molecule has 1 rings (SSSR count). The first-order valence-corrected chi connectivity index (χ1v) is 5.63. The summed E-state index contributed by atoms with van der Waals surface area (Å²) in [7, 11) is 1.42. The van der Waals surface area contributed by atoms with E-state index in [2.05, 4.69) is 5.32 Å². The van der Waals surface area contributed by atoms with Gasteiger partial charge in [0.25, 0.3) is 5.91 Å². The maximum absolute atomic E-state index is 11.9. The summed E-state index contributed by atoms with van der Waals surface area (Å²) in [5.74, 6) is -1.17. The van der Waals surface area contributed by atoms with Crippen LogP contribution in [0.3, 0.4) is 0 Å². The number of hydrogen-bond acceptors (Lipinski definition) is 3. The van der Waals surface area contributed by atoms with Crippen molar-refractivity contribution in [2.75, 3.05) is 13.7 Å². The summed E-state index contributed by atoms with van der Waals surface area (Å²) in [6.45, 7) is 2.02. The summed E-state index contributed by atoms with van der Waals surface area (Å²) in [5, 5.41) is 11.3. The molecule has 0 radical (unpaired) electrons. The molecule has 0 aliphatic rings. The van der Waals surface area contributed by atoms with Gasteiger partial charge in [-0.2, -0.15) is 0 Å². The summed E-state index contributed by atoms with van der Waals surface area (Å²) >= 11 is 0. The van der Waals surface area contributed by atoms with Crippen molar-refractivity contribution in [2.24, 2.45) is 0 Å². The summed E-state index contributed by atoms with van der Waals surface area (Å²) in [5.41, 5.74) is 1.46. The van der Waals surface area contributed by atoms with Crippen LogP contribution < -0.4 is 5.32 Å². The fourth-order valence-electron chi connectivity index (χ4n) is 1.56. The van der Waals surface area contributed by atoms with Gasteiger partial charge in [-0.05, 0) is 18.6 Å². The number of carbonyl (C=O) groups excluding carboxylic acids is 1. The van der Waals surface area contributed by atoms with Crippen LogP contribution in [0.4, 0.5) is 0 Å². The Bertz CT molecular complexity index is 431. The summed E-state index contributed by atoms with van der Waals surface area (Å²) in [4.78, 5) is 22.4. The van der Waals surface area contributed by atoms with E-state index in [0.29, 0.717) is 5.56 Å². The Kier molecular flexibility index (Phi) is 5.32. The second kappa shape index (κ2) is 6.76. The molecule has 0 spiro atoms. The quantitative estimate of drug-likeness (QED) is 0.797. The first-order valence-electron chi connectivity index (χ1n) is 5.63. The van der Waals surface area contributed by atoms with E-state index in [1.54, 1.807) is 12.1 Å². The average Bonchev–Trinajstić information content (AvgIpc) is 2.34. The predicted molar refractivity (Wildman–Crippen MR) is 66.6 cm³/mol. The lowest BCUT2D eigenvalue weighted by Gasteiger charge is -2.14. The largest absolute Gasteiger partial charge is 0.481 e. The molecule has 1 aromatic rings. The van der Waals surface area contributed by atoms with Gasteiger partial charge in [-0.15, -0.1) is 0 Å². The van der Waals surface area contributed by atoms with Crippen LogP contribution in [0.1, 0.15) is 22.3 Å². The molecule has 98 valence electrons. The number of aryl methyl sites for hydroxylation is 1. The fourth-order valence-corrected chi connectivity index (χ4v) is 1.56. The predicted octanol–water partition coefficient (Wildman–Crippen LogP) is 1.21. The molecule has 1 amide bonds. The van der Waals surface area contributed by atoms with Gasteiger partial charge in [0.05, 0.1) is 12.5 Å². The standard InChI is InChI=1S/C13H17NO4/c1-9-5-3-4-6-11(9)13(17)14-8-10(18-2)7-12(15)16/h3-6,10H,7-8H2,1-2H3,(H,14,17)(H,15,16). The Labute approximate surface area is 106 Å². The zero-order valence-electron chi connectivity index (χ0n) is 10.5. The summed E-state index contributed by atoms with van der Waals surface area (Å²) < 4.78 is 4.98. The number of carboxylic acid groups (broad SMARTS) is 1. The van der Waals surface area contributed by atoms with E-state index in [9.17, 15) is 9.59 Å². The number of carbonyl (C=O) groups is 2. The van der Waals surface area contributed by atoms with Crippen LogP contribution in [0.5, 0.6) is 0 Å². The zero-order valence-corrected chi connectivity index (χ0v) is 10.5. The Hall–Kier alpha value is -1.88. The normalized spacial score (nSPS) is 11.9. The number of methoxy groups -OCH3 is 1. The number of hydrogen-bond donors (Lipinski definition) is 2. The lowest BCUT2D eigenvalue weighted by atomic mass is 10.1. The highest BCUT2D eigenvalue weighted by atomic mass is 16.5. The van der Waals surface area contributed by atoms with Gasteiger partial charge in [0.1, 0.15) is 0 Å². The van der Waals surface area contributed by atoms with E-state index >= 15 is 0 Å². The Balaban J connectivity index is 2.55. The van der Waals surface area contributed by atoms with E-state index < -0.39 is 12.1 Å². The van der Waals surface area contributed by atoms with Crippen molar-refractivity contribution in [3.05, 3.63) is 35.4 Å². The van der Waals surface area contributed by atoms with Crippen molar-refractivity contribution >= 4 is 11.9 Å². The third-order valence-electron chi connectivity index (χ3n) is 2.62. The number of ether oxygens (including phenoxy) is 1. The molecule has 18 heavy (non-hydrogen) atoms. The van der Waals surface area contributed by atoms with Gasteiger partial charge in [-0.1, -0.05) is 18.2 Å². The van der Waals surface area contributed by atoms with E-state index in [0.717, 1.165) is 5.56 Å². The van der Waals surface area contributed by atoms with Crippen molar-refractivity contribution in [3.8, 4) is 0 Å². The van der Waals surface area contributed by atoms with Gasteiger partial charge in [0, 0.05) is 19.2 Å². The highest BCUT2D eigenvalue weighted by Crippen LogP contribution is 2.06. The van der Waals surface area contributed by atoms with Gasteiger partial charge < -0.3 is 15.2 Å². The van der Waals surface area contributed by atoms with Crippen molar-refractivity contribution in [1.82, 2.24) is 5.32 Å². The number of benzene rings is 1. The second-order valence-electron chi connectivity index (χ2n) is 3.98. The van der Waals surface area contributed by atoms with Crippen LogP contribution in [0.2, 0.25) is 0 Å². The molecule has 5 heteroatoms. The SMILES string of the molecule is COC(CNC(=O)c1ccccc1C)CC(=O)O. The fraction of sp³-hybridized carbons (Fsp3) is 0.385. The molecule has 0 aliphatic carbocycles. The number of carboxylic acids is 1. The van der Waals surface area contributed by atoms with Crippen LogP contribution in [-0.2, 0) is 9.53 Å². The third-order valence-corrected chi connectivity index (χ3v) is 2.62. The second-order valence-corrected chi connectivity index (χ2v) is 3.98. The van der Waals surface area contributed by atoms with Gasteiger partial charge in [-0.3, -0.25) is 9.59 Å². The molecule has 0 aliphatic heterocycles. The molecule has 0 heterocycles. The van der Waals surface area contributed by atoms with Crippen LogP contribution in [-0.4, -0.2) is 36.7 Å². The van der Waals surface area contributed by atoms with Gasteiger partial charge in [0.2, 0.25) is 0 Å². The molecular weight excluding hydrogens is 234 g/mol. The van der Waals surface area contributed by atoms with Crippen molar-refractivity contribution < 1.29 is 19.4 Å². The molecule has 2 N–H and O–H groups in total. The van der Waals surface area contributed by atoms with Crippen molar-refractivity contribution in [1.29, 1.82) is 0 Å². The molecule has 1 aromatic carbocycles. The molecule has 0 aromatic heterocycles. The van der Waals surface area contributed by atoms with E-state index in [-0.39, 0.29) is 18.9 Å². The molecule has 5 nitrogen and oxygen atoms in total. The molecule has 0 fully saturated rings. The smallest absolute Gasteiger partial charge is 0.306 e. The Morgan fingerprint density at radius 2 is 2.06 bits per heavy atom. The van der Waals surface area contributed by atoms with Crippen LogP contribution in [0, 0.1) is 6.92 Å². The van der Waals surface area contributed by atoms with E-state index in [4.69, 9.17) is 9.84 Å². The highest BCUT2D eigenvalue weighted by Gasteiger charge is 2.14. The minimum Gasteiger partial charge on any atom is -0.481 e. The highest BCUT2D eigenvalue weighted by molar-refractivity contribution is 5.95. The Morgan fingerprint density at radius 3 is 2.61 bits per heavy atom. The van der Waals surface area contributed by atoms with E-state index in [1.807, 2.05) is 19.1 Å². The molecule has 1 unspecified atom stereocenters. The van der Waals surface area contributed by atoms with Crippen molar-refractivity contribution in [3.63, 3.8) is 0 Å². The zero-order chi connectivity index (χ0) is 13.5. The van der Waals surface area contributed by atoms with Gasteiger partial charge in [-0.25, -0.2) is 0 Å². The molecule has 0 saturated carbocycles. The minimum absolute atomic E-state index is 0.134. The van der Waals surface area contributed by atoms with Gasteiger partial charge >= 0.3 is 5.97 Å². The first-order chi connectivity index (χ1) is 8.54. The molecule has 0 saturated heterocycles. The van der Waals surface area contributed by atoms with Crippen LogP contribution in [0.15, 0.2) is 24.3 Å². The number of rotatable bonds is 6. The molecule has 0 bridgehead atoms. The van der Waals surface area contributed by atoms with Crippen LogP contribution >= 0.6 is 0 Å². The van der Waals surface area contributed by atoms with Gasteiger partial charge in [0.15, 0.2) is 0 Å². The molecular formula is C13H17NO4. The number of nitrogens with one attached hydrogen (secondary N) is 1. The topological polar surface area (TPSA) is 75.6 Å². The number of amides is 1. The summed E-state index contributed by atoms with van der Waals surface area (Å²) in [6, 6.07) is 7.21. The third kappa shape index (κ3) is 4.18. The molecule has 1 atom stereocenters. The van der Waals surface area contributed by atoms with E-state index in [1.165, 1.54) is 7.11 Å². The minimum atomic E-state index is -0.952. The maximum atomic E-state index is 11.9. The summed E-state index contributed by atoms with van der Waals surface area (Å²) in [6.07, 6.45) is -0.652. The monoisotopic (exact) mass is 251 g/mol. The lowest BCUT2D eigenvalue weighted by molar-refractivity contribution is -0.139. The average molecular weight is 251 g/mol. The first kappa shape index (κ1) is 14.2. The maximum Gasteiger partial charge on any atom is 0.306 e. The lowest BCUT2D eigenvalue weighted by Crippen LogP contribution is -2.34. The van der Waals surface area contributed by atoms with Crippen LogP contribution in [0.25, 0.3) is 0 Å². The Morgan fingerprint density at radius 1 is 1.39 bits per heavy atom. The van der Waals surface area contributed by atoms with Crippen molar-refractivity contribution in [2.45, 2.75) is 19.4 Å².